The minimum Gasteiger partial charge on any atom is -0.374 e. The molecule has 0 spiro atoms. The SMILES string of the molecule is Cc1noc(C)c1CN1C[C@H](OCC2CC2)[C@H]2OCCC[C@H]21. The first-order chi connectivity index (χ1) is 10.7. The number of nitrogens with zero attached hydrogens (tertiary/aromatic N) is 2. The Morgan fingerprint density at radius 2 is 2.14 bits per heavy atom. The van der Waals surface area contributed by atoms with E-state index in [9.17, 15) is 0 Å². The highest BCUT2D eigenvalue weighted by molar-refractivity contribution is 5.21. The van der Waals surface area contributed by atoms with Crippen molar-refractivity contribution in [3.8, 4) is 0 Å². The summed E-state index contributed by atoms with van der Waals surface area (Å²) in [7, 11) is 0. The van der Waals surface area contributed by atoms with Crippen LogP contribution in [-0.2, 0) is 16.0 Å². The molecule has 0 amide bonds. The van der Waals surface area contributed by atoms with E-state index >= 15 is 0 Å². The molecule has 2 aliphatic heterocycles. The lowest BCUT2D eigenvalue weighted by Gasteiger charge is -2.32. The fourth-order valence-electron chi connectivity index (χ4n) is 3.81. The number of likely N-dealkylation sites (tertiary alicyclic amines) is 1. The van der Waals surface area contributed by atoms with Gasteiger partial charge in [-0.15, -0.1) is 0 Å². The van der Waals surface area contributed by atoms with Gasteiger partial charge in [-0.25, -0.2) is 0 Å². The number of hydrogen-bond donors (Lipinski definition) is 0. The number of aryl methyl sites for hydroxylation is 2. The molecule has 2 saturated heterocycles. The topological polar surface area (TPSA) is 47.7 Å². The average Bonchev–Trinajstić information content (AvgIpc) is 3.23. The Balaban J connectivity index is 1.46. The molecule has 1 saturated carbocycles. The van der Waals surface area contributed by atoms with Crippen LogP contribution >= 0.6 is 0 Å². The molecular weight excluding hydrogens is 280 g/mol. The molecule has 3 aliphatic rings. The maximum atomic E-state index is 6.20. The van der Waals surface area contributed by atoms with Gasteiger partial charge in [-0.1, -0.05) is 5.16 Å². The molecule has 0 bridgehead atoms. The van der Waals surface area contributed by atoms with E-state index in [1.165, 1.54) is 24.8 Å². The van der Waals surface area contributed by atoms with Crippen LogP contribution in [0.3, 0.4) is 0 Å². The van der Waals surface area contributed by atoms with E-state index in [4.69, 9.17) is 14.0 Å². The van der Waals surface area contributed by atoms with E-state index in [1.807, 2.05) is 13.8 Å². The molecule has 3 fully saturated rings. The van der Waals surface area contributed by atoms with Crippen molar-refractivity contribution in [2.45, 2.75) is 64.3 Å². The van der Waals surface area contributed by atoms with Gasteiger partial charge in [0, 0.05) is 37.9 Å². The second-order valence-corrected chi connectivity index (χ2v) is 7.09. The summed E-state index contributed by atoms with van der Waals surface area (Å²) in [6, 6.07) is 0.478. The van der Waals surface area contributed by atoms with E-state index in [0.717, 1.165) is 50.1 Å². The van der Waals surface area contributed by atoms with Crippen molar-refractivity contribution in [2.24, 2.45) is 5.92 Å². The van der Waals surface area contributed by atoms with Crippen LogP contribution in [0.1, 0.15) is 42.7 Å². The number of fused-ring (bicyclic) bond motifs is 1. The highest BCUT2D eigenvalue weighted by Gasteiger charge is 2.45. The van der Waals surface area contributed by atoms with Gasteiger partial charge in [0.15, 0.2) is 0 Å². The van der Waals surface area contributed by atoms with Crippen molar-refractivity contribution in [1.82, 2.24) is 10.1 Å². The normalized spacial score (nSPS) is 32.4. The lowest BCUT2D eigenvalue weighted by atomic mass is 10.0. The van der Waals surface area contributed by atoms with Gasteiger partial charge < -0.3 is 14.0 Å². The predicted octanol–water partition coefficient (Wildman–Crippen LogP) is 2.45. The Hall–Kier alpha value is -0.910. The average molecular weight is 306 g/mol. The highest BCUT2D eigenvalue weighted by Crippen LogP contribution is 2.35. The van der Waals surface area contributed by atoms with Crippen molar-refractivity contribution in [2.75, 3.05) is 19.8 Å². The summed E-state index contributed by atoms with van der Waals surface area (Å²) in [6.07, 6.45) is 5.50. The standard InChI is InChI=1S/C17H26N2O3/c1-11-14(12(2)22-18-11)8-19-9-16(21-10-13-5-6-13)17-15(19)4-3-7-20-17/h13,15-17H,3-10H2,1-2H3/t15-,16+,17+/m1/s1. The largest absolute Gasteiger partial charge is 0.374 e. The summed E-state index contributed by atoms with van der Waals surface area (Å²) in [5.41, 5.74) is 2.24. The van der Waals surface area contributed by atoms with Gasteiger partial charge in [-0.2, -0.15) is 0 Å². The van der Waals surface area contributed by atoms with Crippen LogP contribution < -0.4 is 0 Å². The molecule has 22 heavy (non-hydrogen) atoms. The third kappa shape index (κ3) is 2.82. The molecule has 0 radical (unpaired) electrons. The van der Waals surface area contributed by atoms with Crippen LogP contribution in [0.4, 0.5) is 0 Å². The molecule has 5 nitrogen and oxygen atoms in total. The van der Waals surface area contributed by atoms with Gasteiger partial charge >= 0.3 is 0 Å². The van der Waals surface area contributed by atoms with Crippen LogP contribution in [0.2, 0.25) is 0 Å². The lowest BCUT2D eigenvalue weighted by Crippen LogP contribution is -2.41. The smallest absolute Gasteiger partial charge is 0.138 e. The van der Waals surface area contributed by atoms with Gasteiger partial charge in [-0.3, -0.25) is 4.90 Å². The molecule has 3 atom stereocenters. The van der Waals surface area contributed by atoms with E-state index in [2.05, 4.69) is 10.1 Å². The summed E-state index contributed by atoms with van der Waals surface area (Å²) in [5.74, 6) is 1.74. The third-order valence-electron chi connectivity index (χ3n) is 5.37. The monoisotopic (exact) mass is 306 g/mol. The summed E-state index contributed by atoms with van der Waals surface area (Å²) in [6.45, 7) is 7.68. The van der Waals surface area contributed by atoms with Crippen LogP contribution in [0.25, 0.3) is 0 Å². The molecule has 0 unspecified atom stereocenters. The van der Waals surface area contributed by atoms with Gasteiger partial charge in [0.25, 0.3) is 0 Å². The molecule has 0 N–H and O–H groups in total. The summed E-state index contributed by atoms with van der Waals surface area (Å²) in [4.78, 5) is 2.52. The third-order valence-corrected chi connectivity index (χ3v) is 5.37. The molecule has 1 aromatic heterocycles. The van der Waals surface area contributed by atoms with E-state index in [-0.39, 0.29) is 12.2 Å². The first kappa shape index (κ1) is 14.7. The summed E-state index contributed by atoms with van der Waals surface area (Å²) >= 11 is 0. The van der Waals surface area contributed by atoms with Gasteiger partial charge in [-0.05, 0) is 45.4 Å². The number of ether oxygens (including phenoxy) is 2. The zero-order valence-electron chi connectivity index (χ0n) is 13.6. The maximum absolute atomic E-state index is 6.20. The van der Waals surface area contributed by atoms with Crippen molar-refractivity contribution in [1.29, 1.82) is 0 Å². The minimum atomic E-state index is 0.228. The Morgan fingerprint density at radius 1 is 1.27 bits per heavy atom. The molecular formula is C17H26N2O3. The number of rotatable bonds is 5. The zero-order valence-corrected chi connectivity index (χ0v) is 13.6. The van der Waals surface area contributed by atoms with Gasteiger partial charge in [0.05, 0.1) is 11.8 Å². The predicted molar refractivity (Wildman–Crippen MR) is 81.6 cm³/mol. The Kier molecular flexibility index (Phi) is 3.96. The van der Waals surface area contributed by atoms with Crippen molar-refractivity contribution < 1.29 is 14.0 Å². The fraction of sp³-hybridized carbons (Fsp3) is 0.824. The Bertz CT molecular complexity index is 506. The lowest BCUT2D eigenvalue weighted by molar-refractivity contribution is -0.0792. The molecule has 3 heterocycles. The molecule has 5 heteroatoms. The molecule has 122 valence electrons. The van der Waals surface area contributed by atoms with Gasteiger partial charge in [0.2, 0.25) is 0 Å². The second kappa shape index (κ2) is 5.95. The van der Waals surface area contributed by atoms with E-state index in [0.29, 0.717) is 6.04 Å². The fourth-order valence-corrected chi connectivity index (χ4v) is 3.81. The van der Waals surface area contributed by atoms with Crippen LogP contribution in [0.5, 0.6) is 0 Å². The number of hydrogen-bond acceptors (Lipinski definition) is 5. The van der Waals surface area contributed by atoms with Crippen LogP contribution in [0, 0.1) is 19.8 Å². The van der Waals surface area contributed by atoms with E-state index in [1.54, 1.807) is 0 Å². The van der Waals surface area contributed by atoms with Gasteiger partial charge in [0.1, 0.15) is 11.9 Å². The Labute approximate surface area is 131 Å². The van der Waals surface area contributed by atoms with Crippen LogP contribution in [-0.4, -0.2) is 48.1 Å². The second-order valence-electron chi connectivity index (χ2n) is 7.09. The quantitative estimate of drug-likeness (QED) is 0.836. The van der Waals surface area contributed by atoms with E-state index < -0.39 is 0 Å². The first-order valence-corrected chi connectivity index (χ1v) is 8.61. The molecule has 4 rings (SSSR count). The molecule has 0 aromatic carbocycles. The van der Waals surface area contributed by atoms with Crippen molar-refractivity contribution >= 4 is 0 Å². The van der Waals surface area contributed by atoms with Crippen LogP contribution in [0.15, 0.2) is 4.52 Å². The van der Waals surface area contributed by atoms with Crippen molar-refractivity contribution in [3.63, 3.8) is 0 Å². The molecule has 1 aromatic rings. The first-order valence-electron chi connectivity index (χ1n) is 8.61. The summed E-state index contributed by atoms with van der Waals surface area (Å²) < 4.78 is 17.6. The summed E-state index contributed by atoms with van der Waals surface area (Å²) in [5, 5.41) is 4.08. The maximum Gasteiger partial charge on any atom is 0.138 e. The zero-order chi connectivity index (χ0) is 15.1. The molecule has 1 aliphatic carbocycles. The van der Waals surface area contributed by atoms with Crippen molar-refractivity contribution in [3.05, 3.63) is 17.0 Å². The number of aromatic nitrogens is 1. The minimum absolute atomic E-state index is 0.228. The Morgan fingerprint density at radius 3 is 2.86 bits per heavy atom. The highest BCUT2D eigenvalue weighted by atomic mass is 16.5.